The number of hydrogen-bond donors (Lipinski definition) is 3. The first kappa shape index (κ1) is 13.2. The third-order valence-electron chi connectivity index (χ3n) is 1.64. The van der Waals surface area contributed by atoms with Crippen molar-refractivity contribution in [3.05, 3.63) is 17.0 Å². The van der Waals surface area contributed by atoms with Gasteiger partial charge >= 0.3 is 0 Å². The number of hydrogen-bond acceptors (Lipinski definition) is 5. The van der Waals surface area contributed by atoms with E-state index in [-0.39, 0.29) is 31.1 Å². The second-order valence-corrected chi connectivity index (χ2v) is 2.38. The van der Waals surface area contributed by atoms with Crippen LogP contribution in [0.5, 0.6) is 0 Å². The molecule has 3 N–H and O–H groups in total. The van der Waals surface area contributed by atoms with Gasteiger partial charge in [0, 0.05) is 36.0 Å². The largest absolute Gasteiger partial charge is 0.537 e. The third-order valence-corrected chi connectivity index (χ3v) is 1.64. The van der Waals surface area contributed by atoms with Gasteiger partial charge in [-0.3, -0.25) is 0 Å². The summed E-state index contributed by atoms with van der Waals surface area (Å²) >= 11 is 0. The summed E-state index contributed by atoms with van der Waals surface area (Å²) in [7, 11) is 0. The standard InChI is InChI=1S/C5H8N3O4.U/c6-8-7-5(2-9)4(11)3(10)1-12-5;/h1,3-4,9-11H,2H2;/q-1;/t3-,4-,5+;/m0./s1. The molecule has 0 saturated carbocycles. The smallest absolute Gasteiger partial charge is 0.165 e. The maximum absolute atomic E-state index is 9.21. The van der Waals surface area contributed by atoms with Gasteiger partial charge in [0.25, 0.3) is 0 Å². The summed E-state index contributed by atoms with van der Waals surface area (Å²) in [5.41, 5.74) is 6.32. The summed E-state index contributed by atoms with van der Waals surface area (Å²) in [5, 5.41) is 30.0. The Morgan fingerprint density at radius 3 is 2.54 bits per heavy atom. The molecule has 0 aromatic heterocycles. The van der Waals surface area contributed by atoms with E-state index in [4.69, 9.17) is 15.7 Å². The Morgan fingerprint density at radius 2 is 2.23 bits per heavy atom. The molecule has 0 bridgehead atoms. The zero-order valence-electron chi connectivity index (χ0n) is 6.53. The van der Waals surface area contributed by atoms with Gasteiger partial charge < -0.3 is 20.1 Å². The molecular weight excluding hydrogens is 404 g/mol. The van der Waals surface area contributed by atoms with E-state index in [1.165, 1.54) is 0 Å². The third kappa shape index (κ3) is 2.36. The molecule has 3 atom stereocenters. The van der Waals surface area contributed by atoms with E-state index in [2.05, 4.69) is 14.8 Å². The van der Waals surface area contributed by atoms with Crippen molar-refractivity contribution in [3.63, 3.8) is 0 Å². The maximum atomic E-state index is 9.21. The topological polar surface area (TPSA) is 119 Å². The molecule has 1 aliphatic rings. The van der Waals surface area contributed by atoms with Crippen LogP contribution in [0.25, 0.3) is 10.4 Å². The number of rotatable bonds is 2. The fourth-order valence-corrected chi connectivity index (χ4v) is 0.919. The van der Waals surface area contributed by atoms with Gasteiger partial charge in [0.15, 0.2) is 5.72 Å². The van der Waals surface area contributed by atoms with Crippen LogP contribution >= 0.6 is 0 Å². The van der Waals surface area contributed by atoms with Gasteiger partial charge in [-0.25, -0.2) is 0 Å². The second kappa shape index (κ2) is 5.17. The van der Waals surface area contributed by atoms with Crippen molar-refractivity contribution in [3.8, 4) is 0 Å². The van der Waals surface area contributed by atoms with Crippen LogP contribution in [-0.2, 0) is 4.74 Å². The number of ether oxygens (including phenoxy) is 1. The summed E-state index contributed by atoms with van der Waals surface area (Å²) in [6.45, 7) is 0.224. The van der Waals surface area contributed by atoms with Gasteiger partial charge in [0.05, 0.1) is 12.7 Å². The molecule has 1 fully saturated rings. The zero-order valence-corrected chi connectivity index (χ0v) is 10.7. The van der Waals surface area contributed by atoms with E-state index in [0.717, 1.165) is 6.61 Å². The molecule has 72 valence electrons. The molecule has 13 heavy (non-hydrogen) atoms. The zero-order chi connectivity index (χ0) is 9.19. The molecule has 0 unspecified atom stereocenters. The quantitative estimate of drug-likeness (QED) is 0.231. The molecule has 1 aliphatic heterocycles. The van der Waals surface area contributed by atoms with Crippen molar-refractivity contribution in [1.82, 2.24) is 0 Å². The van der Waals surface area contributed by atoms with E-state index in [9.17, 15) is 5.11 Å². The number of nitrogens with zero attached hydrogens (tertiary/aromatic N) is 3. The number of aliphatic hydroxyl groups excluding tert-OH is 3. The summed E-state index contributed by atoms with van der Waals surface area (Å²) < 4.78 is 4.66. The minimum atomic E-state index is -1.77. The number of aliphatic hydroxyl groups is 3. The van der Waals surface area contributed by atoms with Crippen LogP contribution in [0.2, 0.25) is 0 Å². The van der Waals surface area contributed by atoms with Gasteiger partial charge in [-0.15, -0.1) is 0 Å². The molecule has 8 heteroatoms. The Bertz CT molecular complexity index is 222. The van der Waals surface area contributed by atoms with Crippen LogP contribution in [-0.4, -0.2) is 39.9 Å². The van der Waals surface area contributed by atoms with E-state index >= 15 is 0 Å². The van der Waals surface area contributed by atoms with Gasteiger partial charge in [-0.05, 0) is 11.6 Å². The first-order valence-electron chi connectivity index (χ1n) is 3.20. The van der Waals surface area contributed by atoms with E-state index < -0.39 is 24.5 Å². The molecule has 7 nitrogen and oxygen atoms in total. The molecule has 1 saturated heterocycles. The predicted molar refractivity (Wildman–Crippen MR) is 36.4 cm³/mol. The Labute approximate surface area is 97.7 Å². The summed E-state index contributed by atoms with van der Waals surface area (Å²) in [6.07, 6.45) is -2.68. The molecule has 0 aromatic carbocycles. The number of azide groups is 1. The molecular formula is C5H8N3O4U-. The minimum absolute atomic E-state index is 0. The Balaban J connectivity index is 0.00000144. The van der Waals surface area contributed by atoms with Crippen LogP contribution in [0, 0.1) is 37.7 Å². The van der Waals surface area contributed by atoms with Gasteiger partial charge in [0.1, 0.15) is 0 Å². The summed E-state index contributed by atoms with van der Waals surface area (Å²) in [4.78, 5) is 2.39. The fraction of sp³-hybridized carbons (Fsp3) is 0.800. The van der Waals surface area contributed by atoms with Gasteiger partial charge in [0.2, 0.25) is 0 Å². The SMILES string of the molecule is [N-]=[N+]=N[C@]1(CO)O[CH-][C@H](O)[C@@H]1O.[U]. The summed E-state index contributed by atoms with van der Waals surface area (Å²) in [6, 6.07) is 0. The van der Waals surface area contributed by atoms with Crippen LogP contribution in [0.3, 0.4) is 0 Å². The van der Waals surface area contributed by atoms with Crippen molar-refractivity contribution >= 4 is 0 Å². The first-order valence-corrected chi connectivity index (χ1v) is 3.20. The monoisotopic (exact) mass is 412 g/mol. The average molecular weight is 412 g/mol. The van der Waals surface area contributed by atoms with E-state index in [1.54, 1.807) is 0 Å². The Hall–Kier alpha value is 0.202. The van der Waals surface area contributed by atoms with Crippen LogP contribution in [0.4, 0.5) is 0 Å². The Morgan fingerprint density at radius 1 is 1.62 bits per heavy atom. The molecule has 1 heterocycles. The molecule has 0 aliphatic carbocycles. The van der Waals surface area contributed by atoms with Gasteiger partial charge in [-0.2, -0.15) is 6.61 Å². The van der Waals surface area contributed by atoms with Crippen molar-refractivity contribution in [1.29, 1.82) is 0 Å². The molecule has 0 spiro atoms. The van der Waals surface area contributed by atoms with Crippen LogP contribution in [0.15, 0.2) is 5.11 Å². The molecule has 0 radical (unpaired) electrons. The average Bonchev–Trinajstić information content (AvgIpc) is 2.35. The first-order chi connectivity index (χ1) is 5.66. The summed E-state index contributed by atoms with van der Waals surface area (Å²) in [5.74, 6) is 0. The Kier molecular flexibility index (Phi) is 5.25. The minimum Gasteiger partial charge on any atom is -0.537 e. The van der Waals surface area contributed by atoms with Crippen molar-refractivity contribution in [2.24, 2.45) is 5.11 Å². The van der Waals surface area contributed by atoms with Crippen LogP contribution < -0.4 is 0 Å². The van der Waals surface area contributed by atoms with Crippen molar-refractivity contribution in [2.45, 2.75) is 17.9 Å². The maximum Gasteiger partial charge on any atom is 0.165 e. The molecule has 1 rings (SSSR count). The molecule has 0 amide bonds. The van der Waals surface area contributed by atoms with E-state index in [0.29, 0.717) is 0 Å². The van der Waals surface area contributed by atoms with Gasteiger partial charge in [-0.1, -0.05) is 5.11 Å². The predicted octanol–water partition coefficient (Wildman–Crippen LogP) is -1.10. The van der Waals surface area contributed by atoms with E-state index in [1.807, 2.05) is 0 Å². The fourth-order valence-electron chi connectivity index (χ4n) is 0.919. The normalized spacial score (nSPS) is 37.8. The molecule has 0 aromatic rings. The van der Waals surface area contributed by atoms with Crippen molar-refractivity contribution < 1.29 is 51.2 Å². The van der Waals surface area contributed by atoms with Crippen molar-refractivity contribution in [2.75, 3.05) is 6.61 Å². The second-order valence-electron chi connectivity index (χ2n) is 2.38. The van der Waals surface area contributed by atoms with Crippen LogP contribution in [0.1, 0.15) is 0 Å².